The highest BCUT2D eigenvalue weighted by Gasteiger charge is 2.44. The van der Waals surface area contributed by atoms with Crippen LogP contribution in [0.3, 0.4) is 0 Å². The smallest absolute Gasteiger partial charge is 0.411 e. The molecule has 4 aliphatic rings. The third-order valence-electron chi connectivity index (χ3n) is 10.5. The Morgan fingerprint density at radius 3 is 2.48 bits per heavy atom. The first-order chi connectivity index (χ1) is 21.0. The minimum Gasteiger partial charge on any atom is -0.453 e. The summed E-state index contributed by atoms with van der Waals surface area (Å²) in [6.45, 7) is 4.77. The maximum Gasteiger partial charge on any atom is 0.411 e. The van der Waals surface area contributed by atoms with Gasteiger partial charge in [-0.25, -0.2) is 13.2 Å². The van der Waals surface area contributed by atoms with Crippen LogP contribution in [0.1, 0.15) is 56.9 Å². The lowest BCUT2D eigenvalue weighted by molar-refractivity contribution is 0.116. The number of ether oxygens (including phenoxy) is 1. The molecule has 3 aliphatic heterocycles. The van der Waals surface area contributed by atoms with Crippen LogP contribution in [-0.4, -0.2) is 119 Å². The number of nitrogens with one attached hydrogen (secondary N) is 1. The van der Waals surface area contributed by atoms with Gasteiger partial charge < -0.3 is 15.4 Å². The zero-order chi connectivity index (χ0) is 31.4. The Kier molecular flexibility index (Phi) is 10.5. The van der Waals surface area contributed by atoms with Crippen molar-refractivity contribution in [3.8, 4) is 0 Å². The average Bonchev–Trinajstić information content (AvgIpc) is 3.49. The predicted octanol–water partition coefficient (Wildman–Crippen LogP) is 3.27. The van der Waals surface area contributed by atoms with E-state index in [1.54, 1.807) is 7.05 Å². The predicted molar refractivity (Wildman–Crippen MR) is 176 cm³/mol. The van der Waals surface area contributed by atoms with E-state index in [1.807, 2.05) is 24.3 Å². The molecule has 11 nitrogen and oxygen atoms in total. The fraction of sp³-hybridized carbons (Fsp3) is 0.719. The number of likely N-dealkylation sites (N-methyl/N-ethyl adjacent to an activating group) is 1. The summed E-state index contributed by atoms with van der Waals surface area (Å²) >= 11 is 0. The van der Waals surface area contributed by atoms with Crippen LogP contribution in [0.4, 0.5) is 10.5 Å². The van der Waals surface area contributed by atoms with Crippen molar-refractivity contribution in [2.75, 3.05) is 65.5 Å². The van der Waals surface area contributed by atoms with Crippen LogP contribution in [0, 0.1) is 17.8 Å². The van der Waals surface area contributed by atoms with E-state index in [2.05, 4.69) is 32.1 Å². The van der Waals surface area contributed by atoms with Gasteiger partial charge in [0.25, 0.3) is 0 Å². The Hall–Kier alpha value is -2.70. The number of rotatable bonds is 7. The molecule has 3 N–H and O–H groups in total. The summed E-state index contributed by atoms with van der Waals surface area (Å²) in [7, 11) is 2.28. The van der Waals surface area contributed by atoms with Gasteiger partial charge >= 0.3 is 6.09 Å². The number of nitrogens with two attached hydrogens (primary N) is 1. The quantitative estimate of drug-likeness (QED) is 0.267. The molecule has 12 heteroatoms. The number of amides is 1. The van der Waals surface area contributed by atoms with Gasteiger partial charge in [0, 0.05) is 57.8 Å². The number of guanidine groups is 1. The van der Waals surface area contributed by atoms with Crippen LogP contribution < -0.4 is 11.1 Å². The fourth-order valence-electron chi connectivity index (χ4n) is 7.94. The van der Waals surface area contributed by atoms with Crippen molar-refractivity contribution in [1.29, 1.82) is 0 Å². The number of carbonyl (C=O) groups excluding carboxylic acids is 1. The van der Waals surface area contributed by atoms with Gasteiger partial charge in [-0.15, -0.1) is 0 Å². The van der Waals surface area contributed by atoms with E-state index < -0.39 is 15.9 Å². The van der Waals surface area contributed by atoms with Crippen LogP contribution in [-0.2, 0) is 14.6 Å². The molecule has 5 unspecified atom stereocenters. The second-order valence-corrected chi connectivity index (χ2v) is 15.7. The Morgan fingerprint density at radius 1 is 1.09 bits per heavy atom. The maximum absolute atomic E-state index is 12.3. The maximum atomic E-state index is 12.3. The number of hydrogen-bond acceptors (Lipinski definition) is 8. The monoisotopic (exact) mass is 629 g/mol. The molecule has 1 amide bonds. The molecule has 1 saturated carbocycles. The molecule has 1 aromatic carbocycles. The summed E-state index contributed by atoms with van der Waals surface area (Å²) in [6.07, 6.45) is 8.98. The summed E-state index contributed by atoms with van der Waals surface area (Å²) in [6, 6.07) is 8.12. The fourth-order valence-corrected chi connectivity index (χ4v) is 9.09. The molecule has 0 bridgehead atoms. The number of nitrogens with zero attached hydrogens (tertiary/aromatic N) is 5. The number of anilines is 1. The number of piperidine rings is 1. The molecule has 44 heavy (non-hydrogen) atoms. The van der Waals surface area contributed by atoms with E-state index in [0.29, 0.717) is 35.4 Å². The Morgan fingerprint density at radius 2 is 1.82 bits per heavy atom. The van der Waals surface area contributed by atoms with Crippen molar-refractivity contribution in [3.05, 3.63) is 29.8 Å². The van der Waals surface area contributed by atoms with Crippen molar-refractivity contribution in [2.45, 2.75) is 68.8 Å². The van der Waals surface area contributed by atoms with Crippen LogP contribution in [0.15, 0.2) is 34.3 Å². The molecular weight excluding hydrogens is 578 g/mol. The molecule has 244 valence electrons. The molecule has 1 aromatic rings. The summed E-state index contributed by atoms with van der Waals surface area (Å²) in [5.74, 6) is 2.34. The summed E-state index contributed by atoms with van der Waals surface area (Å²) in [5.41, 5.74) is 8.93. The Bertz CT molecular complexity index is 1310. The van der Waals surface area contributed by atoms with E-state index in [0.717, 1.165) is 95.4 Å². The molecule has 0 aromatic heterocycles. The van der Waals surface area contributed by atoms with E-state index in [4.69, 9.17) is 15.5 Å². The van der Waals surface area contributed by atoms with E-state index in [9.17, 15) is 13.2 Å². The van der Waals surface area contributed by atoms with Crippen LogP contribution in [0.25, 0.3) is 0 Å². The van der Waals surface area contributed by atoms with Crippen molar-refractivity contribution in [1.82, 2.24) is 14.7 Å². The molecule has 2 saturated heterocycles. The zero-order valence-electron chi connectivity index (χ0n) is 26.8. The number of hydrogen-bond donors (Lipinski definition) is 2. The van der Waals surface area contributed by atoms with Gasteiger partial charge in [0.05, 0.1) is 18.1 Å². The van der Waals surface area contributed by atoms with E-state index >= 15 is 0 Å². The number of sulfone groups is 1. The average molecular weight is 630 g/mol. The van der Waals surface area contributed by atoms with Gasteiger partial charge in [0.1, 0.15) is 16.0 Å². The summed E-state index contributed by atoms with van der Waals surface area (Å²) in [4.78, 5) is 28.4. The molecule has 5 rings (SSSR count). The molecular formula is C32H51N7O4S. The number of benzene rings is 1. The molecule has 0 spiro atoms. The van der Waals surface area contributed by atoms with Crippen molar-refractivity contribution in [3.63, 3.8) is 0 Å². The van der Waals surface area contributed by atoms with Gasteiger partial charge in [-0.1, -0.05) is 25.0 Å². The lowest BCUT2D eigenvalue weighted by Gasteiger charge is -2.37. The van der Waals surface area contributed by atoms with Crippen molar-refractivity contribution >= 4 is 33.3 Å². The van der Waals surface area contributed by atoms with E-state index in [-0.39, 0.29) is 11.4 Å². The Balaban J connectivity index is 1.31. The van der Waals surface area contributed by atoms with Crippen molar-refractivity contribution in [2.24, 2.45) is 33.5 Å². The SMILES string of the molecule is CN=C(N)N1CCC(CN2CC(C3CCCC(S(C)(=O)=O)CC3)CC2C2N=C(c3ccc(NC(=O)OC)cc3)CN2C)CC1. The van der Waals surface area contributed by atoms with Crippen LogP contribution >= 0.6 is 0 Å². The topological polar surface area (TPSA) is 133 Å². The van der Waals surface area contributed by atoms with Crippen LogP contribution in [0.5, 0.6) is 0 Å². The largest absolute Gasteiger partial charge is 0.453 e. The Labute approximate surface area is 263 Å². The minimum atomic E-state index is -3.00. The highest BCUT2D eigenvalue weighted by Crippen LogP contribution is 2.41. The van der Waals surface area contributed by atoms with Gasteiger partial charge in [-0.2, -0.15) is 0 Å². The first-order valence-corrected chi connectivity index (χ1v) is 18.1. The molecule has 0 radical (unpaired) electrons. The zero-order valence-corrected chi connectivity index (χ0v) is 27.6. The van der Waals surface area contributed by atoms with Gasteiger partial charge in [-0.3, -0.25) is 25.1 Å². The van der Waals surface area contributed by atoms with Crippen LogP contribution in [0.2, 0.25) is 0 Å². The highest BCUT2D eigenvalue weighted by molar-refractivity contribution is 7.91. The second-order valence-electron chi connectivity index (χ2n) is 13.3. The number of carbonyl (C=O) groups is 1. The summed E-state index contributed by atoms with van der Waals surface area (Å²) < 4.78 is 29.4. The standard InChI is InChI=1S/C32H51N7O4S/c1-34-31(33)38-16-14-22(15-17-38)19-39-20-25(23-6-5-7-27(13-10-23)44(4,41)42)18-29(39)30-36-28(21-37(30)2)24-8-11-26(12-9-24)35-32(40)43-3/h8-9,11-12,22-23,25,27,29-30H,5-7,10,13-21H2,1-4H3,(H2,33,34)(H,35,40). The lowest BCUT2D eigenvalue weighted by atomic mass is 9.84. The van der Waals surface area contributed by atoms with Gasteiger partial charge in [0.2, 0.25) is 0 Å². The third-order valence-corrected chi connectivity index (χ3v) is 12.2. The summed E-state index contributed by atoms with van der Waals surface area (Å²) in [5, 5.41) is 2.52. The van der Waals surface area contributed by atoms with E-state index in [1.165, 1.54) is 13.4 Å². The normalized spacial score (nSPS) is 29.8. The van der Waals surface area contributed by atoms with Gasteiger partial charge in [0.15, 0.2) is 5.96 Å². The highest BCUT2D eigenvalue weighted by atomic mass is 32.2. The first-order valence-electron chi connectivity index (χ1n) is 16.2. The van der Waals surface area contributed by atoms with Crippen molar-refractivity contribution < 1.29 is 17.9 Å². The third kappa shape index (κ3) is 7.74. The molecule has 5 atom stereocenters. The second kappa shape index (κ2) is 14.2. The lowest BCUT2D eigenvalue weighted by Crippen LogP contribution is -2.48. The number of methoxy groups -OCH3 is 1. The minimum absolute atomic E-state index is 0.0698. The number of likely N-dealkylation sites (tertiary alicyclic amines) is 2. The molecule has 3 heterocycles. The number of aliphatic imine (C=N–C) groups is 2. The van der Waals surface area contributed by atoms with Gasteiger partial charge in [-0.05, 0) is 81.0 Å². The molecule has 1 aliphatic carbocycles. The first kappa shape index (κ1) is 32.7. The molecule has 3 fully saturated rings.